The Morgan fingerprint density at radius 3 is 2.16 bits per heavy atom. The Morgan fingerprint density at radius 1 is 1.04 bits per heavy atom. The topological polar surface area (TPSA) is 63.2 Å². The Morgan fingerprint density at radius 2 is 1.64 bits per heavy atom. The Hall–Kier alpha value is -2.40. The van der Waals surface area contributed by atoms with E-state index < -0.39 is 10.0 Å². The molecular weight excluding hydrogens is 334 g/mol. The van der Waals surface area contributed by atoms with Gasteiger partial charge in [0.25, 0.3) is 0 Å². The van der Waals surface area contributed by atoms with Gasteiger partial charge in [-0.15, -0.1) is 0 Å². The quantitative estimate of drug-likeness (QED) is 0.587. The molecule has 2 aromatic carbocycles. The summed E-state index contributed by atoms with van der Waals surface area (Å²) in [5.74, 6) is 0.354. The van der Waals surface area contributed by atoms with E-state index in [1.807, 2.05) is 12.1 Å². The molecule has 25 heavy (non-hydrogen) atoms. The zero-order valence-corrected chi connectivity index (χ0v) is 15.5. The molecule has 132 valence electrons. The summed E-state index contributed by atoms with van der Waals surface area (Å²) in [4.78, 5) is 12.2. The Balaban J connectivity index is 2.05. The SMILES string of the molecule is CCS(=O)(=O)Nc1ccc(C(=O)/C=C/c2ccc(C(C)C)cc2)cc1. The second kappa shape index (κ2) is 8.12. The lowest BCUT2D eigenvalue weighted by Gasteiger charge is -2.06. The van der Waals surface area contributed by atoms with Crippen LogP contribution in [-0.2, 0) is 10.0 Å². The van der Waals surface area contributed by atoms with Crippen molar-refractivity contribution in [3.63, 3.8) is 0 Å². The first kappa shape index (κ1) is 18.9. The fourth-order valence-corrected chi connectivity index (χ4v) is 2.85. The van der Waals surface area contributed by atoms with Crippen LogP contribution in [0.3, 0.4) is 0 Å². The molecule has 0 amide bonds. The van der Waals surface area contributed by atoms with E-state index in [1.54, 1.807) is 37.3 Å². The van der Waals surface area contributed by atoms with Crippen LogP contribution < -0.4 is 4.72 Å². The number of hydrogen-bond acceptors (Lipinski definition) is 3. The normalized spacial score (nSPS) is 11.8. The Bertz CT molecular complexity index is 849. The van der Waals surface area contributed by atoms with E-state index in [0.717, 1.165) is 5.56 Å². The number of carbonyl (C=O) groups is 1. The van der Waals surface area contributed by atoms with E-state index >= 15 is 0 Å². The number of sulfonamides is 1. The molecule has 5 heteroatoms. The second-order valence-electron chi connectivity index (χ2n) is 6.10. The van der Waals surface area contributed by atoms with Crippen molar-refractivity contribution in [1.29, 1.82) is 0 Å². The molecule has 0 unspecified atom stereocenters. The lowest BCUT2D eigenvalue weighted by molar-refractivity contribution is 0.104. The molecule has 0 aliphatic heterocycles. The van der Waals surface area contributed by atoms with Crippen LogP contribution in [0.4, 0.5) is 5.69 Å². The van der Waals surface area contributed by atoms with E-state index in [9.17, 15) is 13.2 Å². The number of anilines is 1. The molecule has 0 saturated carbocycles. The zero-order valence-electron chi connectivity index (χ0n) is 14.7. The van der Waals surface area contributed by atoms with Crippen LogP contribution in [0.2, 0.25) is 0 Å². The van der Waals surface area contributed by atoms with Crippen LogP contribution in [-0.4, -0.2) is 20.0 Å². The maximum absolute atomic E-state index is 12.2. The van der Waals surface area contributed by atoms with E-state index in [0.29, 0.717) is 17.2 Å². The molecule has 2 aromatic rings. The van der Waals surface area contributed by atoms with Gasteiger partial charge in [-0.1, -0.05) is 44.2 Å². The summed E-state index contributed by atoms with van der Waals surface area (Å²) in [6.45, 7) is 5.84. The zero-order chi connectivity index (χ0) is 18.4. The van der Waals surface area contributed by atoms with Crippen molar-refractivity contribution in [3.8, 4) is 0 Å². The van der Waals surface area contributed by atoms with Crippen LogP contribution in [0.1, 0.15) is 48.2 Å². The third-order valence-electron chi connectivity index (χ3n) is 3.85. The molecule has 0 bridgehead atoms. The van der Waals surface area contributed by atoms with E-state index in [2.05, 4.69) is 30.7 Å². The third kappa shape index (κ3) is 5.57. The summed E-state index contributed by atoms with van der Waals surface area (Å²) in [7, 11) is -3.31. The van der Waals surface area contributed by atoms with Crippen molar-refractivity contribution in [3.05, 3.63) is 71.3 Å². The molecule has 0 aromatic heterocycles. The third-order valence-corrected chi connectivity index (χ3v) is 5.16. The largest absolute Gasteiger partial charge is 0.289 e. The monoisotopic (exact) mass is 357 g/mol. The molecular formula is C20H23NO3S. The van der Waals surface area contributed by atoms with Crippen LogP contribution in [0.25, 0.3) is 6.08 Å². The van der Waals surface area contributed by atoms with Crippen molar-refractivity contribution in [2.45, 2.75) is 26.7 Å². The van der Waals surface area contributed by atoms with Crippen LogP contribution >= 0.6 is 0 Å². The molecule has 0 fully saturated rings. The minimum absolute atomic E-state index is 0.00597. The number of nitrogens with one attached hydrogen (secondary N) is 1. The molecule has 0 saturated heterocycles. The predicted octanol–water partition coefficient (Wildman–Crippen LogP) is 4.47. The number of hydrogen-bond donors (Lipinski definition) is 1. The van der Waals surface area contributed by atoms with Gasteiger partial charge in [0.1, 0.15) is 0 Å². The second-order valence-corrected chi connectivity index (χ2v) is 8.11. The average Bonchev–Trinajstić information content (AvgIpc) is 2.60. The molecule has 0 spiro atoms. The standard InChI is InChI=1S/C20H23NO3S/c1-4-25(23,24)21-19-12-10-18(11-13-19)20(22)14-7-16-5-8-17(9-6-16)15(2)3/h5-15,21H,4H2,1-3H3/b14-7+. The number of ketones is 1. The highest BCUT2D eigenvalue weighted by Gasteiger charge is 2.07. The van der Waals surface area contributed by atoms with Crippen molar-refractivity contribution >= 4 is 27.6 Å². The average molecular weight is 357 g/mol. The first-order valence-electron chi connectivity index (χ1n) is 8.23. The molecule has 0 atom stereocenters. The first-order valence-corrected chi connectivity index (χ1v) is 9.89. The van der Waals surface area contributed by atoms with Crippen LogP contribution in [0, 0.1) is 0 Å². The molecule has 0 aliphatic rings. The molecule has 0 aliphatic carbocycles. The fourth-order valence-electron chi connectivity index (χ4n) is 2.21. The van der Waals surface area contributed by atoms with Gasteiger partial charge in [-0.2, -0.15) is 0 Å². The highest BCUT2D eigenvalue weighted by Crippen LogP contribution is 2.16. The van der Waals surface area contributed by atoms with Gasteiger partial charge in [-0.25, -0.2) is 8.42 Å². The van der Waals surface area contributed by atoms with Gasteiger partial charge in [0, 0.05) is 11.3 Å². The first-order chi connectivity index (χ1) is 11.8. The Kier molecular flexibility index (Phi) is 6.15. The minimum atomic E-state index is -3.31. The summed E-state index contributed by atoms with van der Waals surface area (Å²) in [6.07, 6.45) is 3.30. The van der Waals surface area contributed by atoms with E-state index in [1.165, 1.54) is 11.6 Å². The van der Waals surface area contributed by atoms with Gasteiger partial charge in [0.15, 0.2) is 5.78 Å². The Labute approximate surface area is 149 Å². The van der Waals surface area contributed by atoms with Gasteiger partial charge in [0.2, 0.25) is 10.0 Å². The molecule has 4 nitrogen and oxygen atoms in total. The lowest BCUT2D eigenvalue weighted by Crippen LogP contribution is -2.14. The van der Waals surface area contributed by atoms with Gasteiger partial charge in [-0.05, 0) is 54.3 Å². The van der Waals surface area contributed by atoms with E-state index in [4.69, 9.17) is 0 Å². The highest BCUT2D eigenvalue weighted by molar-refractivity contribution is 7.92. The number of benzene rings is 2. The summed E-state index contributed by atoms with van der Waals surface area (Å²) in [5, 5.41) is 0. The van der Waals surface area contributed by atoms with Gasteiger partial charge in [-0.3, -0.25) is 9.52 Å². The van der Waals surface area contributed by atoms with Crippen molar-refractivity contribution in [2.75, 3.05) is 10.5 Å². The van der Waals surface area contributed by atoms with Crippen molar-refractivity contribution < 1.29 is 13.2 Å². The van der Waals surface area contributed by atoms with Crippen LogP contribution in [0.5, 0.6) is 0 Å². The van der Waals surface area contributed by atoms with Crippen LogP contribution in [0.15, 0.2) is 54.6 Å². The maximum Gasteiger partial charge on any atom is 0.232 e. The number of allylic oxidation sites excluding steroid dienone is 1. The van der Waals surface area contributed by atoms with Gasteiger partial charge < -0.3 is 0 Å². The number of carbonyl (C=O) groups excluding carboxylic acids is 1. The molecule has 1 N–H and O–H groups in total. The fraction of sp³-hybridized carbons (Fsp3) is 0.250. The highest BCUT2D eigenvalue weighted by atomic mass is 32.2. The summed E-state index contributed by atoms with van der Waals surface area (Å²) < 4.78 is 25.5. The predicted molar refractivity (Wildman–Crippen MR) is 103 cm³/mol. The smallest absolute Gasteiger partial charge is 0.232 e. The minimum Gasteiger partial charge on any atom is -0.289 e. The molecule has 2 rings (SSSR count). The summed E-state index contributed by atoms with van der Waals surface area (Å²) in [5.41, 5.74) is 3.18. The lowest BCUT2D eigenvalue weighted by atomic mass is 10.0. The molecule has 0 heterocycles. The molecule has 0 radical (unpaired) electrons. The summed E-state index contributed by atoms with van der Waals surface area (Å²) in [6, 6.07) is 14.5. The van der Waals surface area contributed by atoms with E-state index in [-0.39, 0.29) is 11.5 Å². The summed E-state index contributed by atoms with van der Waals surface area (Å²) >= 11 is 0. The van der Waals surface area contributed by atoms with Gasteiger partial charge in [0.05, 0.1) is 5.75 Å². The number of rotatable bonds is 7. The maximum atomic E-state index is 12.2. The van der Waals surface area contributed by atoms with Crippen molar-refractivity contribution in [1.82, 2.24) is 0 Å². The van der Waals surface area contributed by atoms with Gasteiger partial charge >= 0.3 is 0 Å². The van der Waals surface area contributed by atoms with Crippen molar-refractivity contribution in [2.24, 2.45) is 0 Å².